The summed E-state index contributed by atoms with van der Waals surface area (Å²) in [6, 6.07) is 9.94. The Morgan fingerprint density at radius 2 is 2.12 bits per heavy atom. The molecule has 5 nitrogen and oxygen atoms in total. The first-order chi connectivity index (χ1) is 11.4. The zero-order chi connectivity index (χ0) is 17.2. The molecule has 0 saturated carbocycles. The number of hydrogen-bond acceptors (Lipinski definition) is 4. The van der Waals surface area contributed by atoms with Gasteiger partial charge >= 0.3 is 0 Å². The highest BCUT2D eigenvalue weighted by Crippen LogP contribution is 2.27. The summed E-state index contributed by atoms with van der Waals surface area (Å²) in [6.45, 7) is 6.65. The Bertz CT molecular complexity index is 762. The van der Waals surface area contributed by atoms with Gasteiger partial charge in [0.15, 0.2) is 0 Å². The van der Waals surface area contributed by atoms with Gasteiger partial charge in [-0.1, -0.05) is 18.2 Å². The minimum atomic E-state index is -0.679. The van der Waals surface area contributed by atoms with Crippen LogP contribution in [0.4, 0.5) is 5.69 Å². The number of aliphatic hydroxyl groups is 1. The highest BCUT2D eigenvalue weighted by Gasteiger charge is 2.23. The molecule has 0 amide bonds. The molecule has 0 radical (unpaired) electrons. The van der Waals surface area contributed by atoms with E-state index in [-0.39, 0.29) is 5.56 Å². The van der Waals surface area contributed by atoms with Crippen molar-refractivity contribution in [1.82, 2.24) is 9.88 Å². The molecule has 3 N–H and O–H groups in total. The minimum Gasteiger partial charge on any atom is -0.389 e. The molecule has 5 heteroatoms. The first-order valence-corrected chi connectivity index (χ1v) is 8.38. The number of β-amino-alcohol motifs (C(OH)–C–C–N with tert-alkyl or cyclic N) is 1. The number of aromatic nitrogens is 1. The van der Waals surface area contributed by atoms with Gasteiger partial charge in [-0.3, -0.25) is 9.69 Å². The van der Waals surface area contributed by atoms with E-state index in [1.807, 2.05) is 32.0 Å². The maximum atomic E-state index is 11.8. The monoisotopic (exact) mass is 327 g/mol. The molecule has 0 fully saturated rings. The van der Waals surface area contributed by atoms with E-state index >= 15 is 0 Å². The topological polar surface area (TPSA) is 68.4 Å². The number of anilines is 1. The predicted octanol–water partition coefficient (Wildman–Crippen LogP) is 2.12. The lowest BCUT2D eigenvalue weighted by molar-refractivity contribution is 0.0318. The third-order valence-electron chi connectivity index (χ3n) is 4.32. The van der Waals surface area contributed by atoms with Gasteiger partial charge in [-0.25, -0.2) is 0 Å². The molecule has 3 rings (SSSR count). The van der Waals surface area contributed by atoms with Crippen molar-refractivity contribution in [2.75, 3.05) is 18.4 Å². The smallest absolute Gasteiger partial charge is 0.252 e. The van der Waals surface area contributed by atoms with E-state index in [9.17, 15) is 9.90 Å². The molecule has 2 heterocycles. The Morgan fingerprint density at radius 3 is 2.88 bits per heavy atom. The summed E-state index contributed by atoms with van der Waals surface area (Å²) in [5.41, 5.74) is 3.70. The molecule has 1 aliphatic rings. The van der Waals surface area contributed by atoms with Gasteiger partial charge in [-0.05, 0) is 43.5 Å². The maximum Gasteiger partial charge on any atom is 0.252 e. The van der Waals surface area contributed by atoms with Crippen molar-refractivity contribution >= 4 is 5.69 Å². The zero-order valence-electron chi connectivity index (χ0n) is 14.3. The molecule has 0 unspecified atom stereocenters. The summed E-state index contributed by atoms with van der Waals surface area (Å²) in [5.74, 6) is 0. The Morgan fingerprint density at radius 1 is 1.29 bits per heavy atom. The zero-order valence-corrected chi connectivity index (χ0v) is 14.3. The van der Waals surface area contributed by atoms with Crippen LogP contribution >= 0.6 is 0 Å². The van der Waals surface area contributed by atoms with Crippen molar-refractivity contribution in [1.29, 1.82) is 0 Å². The molecule has 2 aromatic rings. The molecule has 0 aliphatic carbocycles. The molecule has 0 bridgehead atoms. The summed E-state index contributed by atoms with van der Waals surface area (Å²) in [7, 11) is 0. The molecule has 0 atom stereocenters. The normalized spacial score (nSPS) is 15.1. The third kappa shape index (κ3) is 4.04. The number of H-pyrrole nitrogens is 1. The van der Waals surface area contributed by atoms with Crippen LogP contribution < -0.4 is 10.9 Å². The largest absolute Gasteiger partial charge is 0.389 e. The lowest BCUT2D eigenvalue weighted by atomic mass is 9.96. The number of benzene rings is 1. The molecule has 1 aliphatic heterocycles. The number of hydrogen-bond donors (Lipinski definition) is 3. The Hall–Kier alpha value is -2.11. The number of fused-ring (bicyclic) bond motifs is 1. The summed E-state index contributed by atoms with van der Waals surface area (Å²) in [5, 5.41) is 13.4. The first kappa shape index (κ1) is 16.7. The fourth-order valence-corrected chi connectivity index (χ4v) is 3.30. The fraction of sp³-hybridized carbons (Fsp3) is 0.421. The van der Waals surface area contributed by atoms with Crippen molar-refractivity contribution in [3.8, 4) is 0 Å². The van der Waals surface area contributed by atoms with Crippen molar-refractivity contribution in [3.05, 3.63) is 63.6 Å². The molecular weight excluding hydrogens is 302 g/mol. The summed E-state index contributed by atoms with van der Waals surface area (Å²) in [6.07, 6.45) is 2.59. The Balaban J connectivity index is 1.72. The number of pyridine rings is 1. The molecule has 0 saturated heterocycles. The van der Waals surface area contributed by atoms with Gasteiger partial charge in [0.05, 0.1) is 5.60 Å². The molecule has 128 valence electrons. The van der Waals surface area contributed by atoms with E-state index in [0.29, 0.717) is 13.1 Å². The van der Waals surface area contributed by atoms with Gasteiger partial charge in [0.25, 0.3) is 5.56 Å². The number of aromatic amines is 1. The van der Waals surface area contributed by atoms with Crippen LogP contribution in [0.2, 0.25) is 0 Å². The summed E-state index contributed by atoms with van der Waals surface area (Å²) < 4.78 is 0. The van der Waals surface area contributed by atoms with Crippen molar-refractivity contribution < 1.29 is 5.11 Å². The van der Waals surface area contributed by atoms with E-state index in [2.05, 4.69) is 27.3 Å². The van der Waals surface area contributed by atoms with Crippen LogP contribution in [0, 0.1) is 0 Å². The Labute approximate surface area is 142 Å². The average Bonchev–Trinajstić information content (AvgIpc) is 2.52. The number of nitrogens with one attached hydrogen (secondary N) is 2. The molecule has 24 heavy (non-hydrogen) atoms. The van der Waals surface area contributed by atoms with Crippen molar-refractivity contribution in [2.45, 2.75) is 39.0 Å². The molecule has 1 aromatic heterocycles. The lowest BCUT2D eigenvalue weighted by Gasteiger charge is -2.34. The van der Waals surface area contributed by atoms with E-state index in [1.165, 1.54) is 11.1 Å². The van der Waals surface area contributed by atoms with Crippen LogP contribution in [-0.4, -0.2) is 33.7 Å². The van der Waals surface area contributed by atoms with Gasteiger partial charge in [0.2, 0.25) is 0 Å². The van der Waals surface area contributed by atoms with Crippen LogP contribution in [0.25, 0.3) is 0 Å². The van der Waals surface area contributed by atoms with Gasteiger partial charge in [0, 0.05) is 43.6 Å². The molecule has 1 aromatic carbocycles. The average molecular weight is 327 g/mol. The van der Waals surface area contributed by atoms with Crippen LogP contribution in [0.1, 0.15) is 30.5 Å². The van der Waals surface area contributed by atoms with Crippen LogP contribution in [0.3, 0.4) is 0 Å². The summed E-state index contributed by atoms with van der Waals surface area (Å²) >= 11 is 0. The number of nitrogens with zero attached hydrogens (tertiary/aromatic N) is 1. The standard InChI is InChI=1S/C19H25N3O2/c1-19(2,24)13-22-10-8-16-15(12-22)5-3-7-17(16)21-11-14-6-4-9-20-18(14)23/h3-7,9,21,24H,8,10-13H2,1-2H3,(H,20,23). The van der Waals surface area contributed by atoms with Gasteiger partial charge < -0.3 is 15.4 Å². The third-order valence-corrected chi connectivity index (χ3v) is 4.32. The quantitative estimate of drug-likeness (QED) is 0.787. The predicted molar refractivity (Wildman–Crippen MR) is 96.1 cm³/mol. The second-order valence-corrected chi connectivity index (χ2v) is 7.09. The first-order valence-electron chi connectivity index (χ1n) is 8.38. The molecule has 0 spiro atoms. The van der Waals surface area contributed by atoms with E-state index < -0.39 is 5.60 Å². The van der Waals surface area contributed by atoms with Gasteiger partial charge in [0.1, 0.15) is 0 Å². The summed E-state index contributed by atoms with van der Waals surface area (Å²) in [4.78, 5) is 16.8. The van der Waals surface area contributed by atoms with Gasteiger partial charge in [-0.2, -0.15) is 0 Å². The lowest BCUT2D eigenvalue weighted by Crippen LogP contribution is -2.41. The number of rotatable bonds is 5. The van der Waals surface area contributed by atoms with Gasteiger partial charge in [-0.15, -0.1) is 0 Å². The minimum absolute atomic E-state index is 0.0499. The van der Waals surface area contributed by atoms with E-state index in [4.69, 9.17) is 0 Å². The second-order valence-electron chi connectivity index (χ2n) is 7.09. The molecular formula is C19H25N3O2. The van der Waals surface area contributed by atoms with Crippen LogP contribution in [-0.2, 0) is 19.5 Å². The highest BCUT2D eigenvalue weighted by atomic mass is 16.3. The van der Waals surface area contributed by atoms with E-state index in [1.54, 1.807) is 6.20 Å². The Kier molecular flexibility index (Phi) is 4.73. The fourth-order valence-electron chi connectivity index (χ4n) is 3.30. The highest BCUT2D eigenvalue weighted by molar-refractivity contribution is 5.55. The SMILES string of the molecule is CC(C)(O)CN1CCc2c(cccc2NCc2ccc[nH]c2=O)C1. The van der Waals surface area contributed by atoms with Crippen LogP contribution in [0.5, 0.6) is 0 Å². The van der Waals surface area contributed by atoms with Crippen LogP contribution in [0.15, 0.2) is 41.3 Å². The van der Waals surface area contributed by atoms with Crippen molar-refractivity contribution in [2.24, 2.45) is 0 Å². The maximum absolute atomic E-state index is 11.8. The second kappa shape index (κ2) is 6.79. The van der Waals surface area contributed by atoms with Crippen molar-refractivity contribution in [3.63, 3.8) is 0 Å². The van der Waals surface area contributed by atoms with E-state index in [0.717, 1.165) is 30.8 Å².